The summed E-state index contributed by atoms with van der Waals surface area (Å²) in [5.41, 5.74) is 0.586. The number of nitriles is 1. The van der Waals surface area contributed by atoms with Crippen molar-refractivity contribution in [2.24, 2.45) is 0 Å². The van der Waals surface area contributed by atoms with E-state index in [9.17, 15) is 9.65 Å². The van der Waals surface area contributed by atoms with Crippen LogP contribution in [-0.4, -0.2) is 7.11 Å². The molecule has 0 aliphatic heterocycles. The molecule has 2 rings (SSSR count). The summed E-state index contributed by atoms with van der Waals surface area (Å²) in [6, 6.07) is 5.50. The molecule has 0 saturated heterocycles. The van der Waals surface area contributed by atoms with Gasteiger partial charge in [-0.05, 0) is 43.9 Å². The average Bonchev–Trinajstić information content (AvgIpc) is 2.19. The van der Waals surface area contributed by atoms with E-state index in [1.165, 1.54) is 13.2 Å². The Morgan fingerprint density at radius 3 is 2.56 bits per heavy atom. The van der Waals surface area contributed by atoms with Gasteiger partial charge in [-0.1, -0.05) is 0 Å². The highest BCUT2D eigenvalue weighted by Gasteiger charge is 2.43. The zero-order chi connectivity index (χ0) is 11.8. The van der Waals surface area contributed by atoms with E-state index in [1.807, 2.05) is 6.92 Å². The first-order valence-corrected chi connectivity index (χ1v) is 5.39. The van der Waals surface area contributed by atoms with Gasteiger partial charge in [-0.3, -0.25) is 0 Å². The molecule has 1 fully saturated rings. The summed E-state index contributed by atoms with van der Waals surface area (Å²) in [6.45, 7) is 1.81. The third kappa shape index (κ3) is 1.46. The highest BCUT2D eigenvalue weighted by atomic mass is 19.1. The van der Waals surface area contributed by atoms with Crippen LogP contribution >= 0.6 is 0 Å². The summed E-state index contributed by atoms with van der Waals surface area (Å²) in [4.78, 5) is 0. The summed E-state index contributed by atoms with van der Waals surface area (Å²) in [5.74, 6) is 0.178. The summed E-state index contributed by atoms with van der Waals surface area (Å²) in [5, 5.41) is 9.23. The first-order chi connectivity index (χ1) is 7.63. The Hall–Kier alpha value is -1.56. The third-order valence-electron chi connectivity index (χ3n) is 3.32. The fourth-order valence-electron chi connectivity index (χ4n) is 2.28. The van der Waals surface area contributed by atoms with Crippen molar-refractivity contribution in [1.29, 1.82) is 5.26 Å². The number of halogens is 1. The quantitative estimate of drug-likeness (QED) is 0.765. The van der Waals surface area contributed by atoms with Gasteiger partial charge in [-0.25, -0.2) is 4.39 Å². The van der Waals surface area contributed by atoms with Crippen LogP contribution in [-0.2, 0) is 5.41 Å². The van der Waals surface area contributed by atoms with Crippen LogP contribution in [0.25, 0.3) is 0 Å². The van der Waals surface area contributed by atoms with Crippen LogP contribution in [0.3, 0.4) is 0 Å². The molecule has 0 unspecified atom stereocenters. The summed E-state index contributed by atoms with van der Waals surface area (Å²) in [7, 11) is 1.52. The lowest BCUT2D eigenvalue weighted by Crippen LogP contribution is -2.33. The molecule has 84 valence electrons. The highest BCUT2D eigenvalue weighted by molar-refractivity contribution is 5.48. The monoisotopic (exact) mass is 219 g/mol. The zero-order valence-electron chi connectivity index (χ0n) is 9.51. The van der Waals surface area contributed by atoms with Gasteiger partial charge < -0.3 is 4.74 Å². The van der Waals surface area contributed by atoms with Crippen LogP contribution < -0.4 is 4.74 Å². The van der Waals surface area contributed by atoms with Crippen molar-refractivity contribution in [2.45, 2.75) is 31.6 Å². The Balaban J connectivity index is 2.60. The third-order valence-corrected chi connectivity index (χ3v) is 3.32. The van der Waals surface area contributed by atoms with Crippen molar-refractivity contribution in [1.82, 2.24) is 0 Å². The lowest BCUT2D eigenvalue weighted by Gasteiger charge is -2.36. The SMILES string of the molecule is COc1cc(C)cc(F)c1C1(C#N)CCC1. The fraction of sp³-hybridized carbons (Fsp3) is 0.462. The van der Waals surface area contributed by atoms with Crippen LogP contribution in [0, 0.1) is 24.1 Å². The maximum absolute atomic E-state index is 14.0. The van der Waals surface area contributed by atoms with Gasteiger partial charge in [0.2, 0.25) is 0 Å². The molecule has 0 spiro atoms. The van der Waals surface area contributed by atoms with Gasteiger partial charge in [0.15, 0.2) is 0 Å². The molecule has 1 saturated carbocycles. The van der Waals surface area contributed by atoms with E-state index in [-0.39, 0.29) is 5.82 Å². The van der Waals surface area contributed by atoms with Gasteiger partial charge in [0, 0.05) is 0 Å². The van der Waals surface area contributed by atoms with Crippen molar-refractivity contribution < 1.29 is 9.13 Å². The molecule has 1 aliphatic rings. The van der Waals surface area contributed by atoms with Crippen LogP contribution in [0.1, 0.15) is 30.4 Å². The minimum atomic E-state index is -0.664. The van der Waals surface area contributed by atoms with Crippen LogP contribution in [0.15, 0.2) is 12.1 Å². The first-order valence-electron chi connectivity index (χ1n) is 5.39. The molecule has 2 nitrogen and oxygen atoms in total. The fourth-order valence-corrected chi connectivity index (χ4v) is 2.28. The van der Waals surface area contributed by atoms with Crippen molar-refractivity contribution in [3.05, 3.63) is 29.1 Å². The lowest BCUT2D eigenvalue weighted by atomic mass is 9.65. The van der Waals surface area contributed by atoms with Gasteiger partial charge in [0.1, 0.15) is 11.6 Å². The lowest BCUT2D eigenvalue weighted by molar-refractivity contribution is 0.295. The van der Waals surface area contributed by atoms with Gasteiger partial charge in [-0.2, -0.15) is 5.26 Å². The maximum atomic E-state index is 14.0. The number of hydrogen-bond donors (Lipinski definition) is 0. The number of hydrogen-bond acceptors (Lipinski definition) is 2. The Morgan fingerprint density at radius 2 is 2.12 bits per heavy atom. The van der Waals surface area contributed by atoms with Crippen molar-refractivity contribution in [3.63, 3.8) is 0 Å². The smallest absolute Gasteiger partial charge is 0.131 e. The minimum absolute atomic E-state index is 0.321. The van der Waals surface area contributed by atoms with Crippen molar-refractivity contribution >= 4 is 0 Å². The number of ether oxygens (including phenoxy) is 1. The Labute approximate surface area is 94.7 Å². The molecule has 1 aromatic carbocycles. The first kappa shape index (κ1) is 10.9. The van der Waals surface area contributed by atoms with Gasteiger partial charge >= 0.3 is 0 Å². The van der Waals surface area contributed by atoms with E-state index in [0.717, 1.165) is 24.8 Å². The number of rotatable bonds is 2. The number of methoxy groups -OCH3 is 1. The molecule has 16 heavy (non-hydrogen) atoms. The summed E-state index contributed by atoms with van der Waals surface area (Å²) < 4.78 is 19.2. The molecule has 0 amide bonds. The molecular weight excluding hydrogens is 205 g/mol. The van der Waals surface area contributed by atoms with Crippen molar-refractivity contribution in [2.75, 3.05) is 7.11 Å². The van der Waals surface area contributed by atoms with Crippen LogP contribution in [0.5, 0.6) is 5.75 Å². The molecule has 0 heterocycles. The molecule has 0 bridgehead atoms. The summed E-state index contributed by atoms with van der Waals surface area (Å²) in [6.07, 6.45) is 2.42. The van der Waals surface area contributed by atoms with E-state index in [4.69, 9.17) is 4.74 Å². The predicted molar refractivity (Wildman–Crippen MR) is 58.8 cm³/mol. The second kappa shape index (κ2) is 3.79. The average molecular weight is 219 g/mol. The molecule has 3 heteroatoms. The van der Waals surface area contributed by atoms with E-state index in [1.54, 1.807) is 6.07 Å². The number of benzene rings is 1. The standard InChI is InChI=1S/C13H14FNO/c1-9-6-10(14)12(11(7-9)16-2)13(8-15)4-3-5-13/h6-7H,3-5H2,1-2H3. The van der Waals surface area contributed by atoms with E-state index in [0.29, 0.717) is 11.3 Å². The Kier molecular flexibility index (Phi) is 2.59. The largest absolute Gasteiger partial charge is 0.496 e. The van der Waals surface area contributed by atoms with Crippen LogP contribution in [0.2, 0.25) is 0 Å². The highest BCUT2D eigenvalue weighted by Crippen LogP contribution is 2.47. The molecule has 0 radical (unpaired) electrons. The normalized spacial score (nSPS) is 17.4. The molecule has 0 aromatic heterocycles. The number of nitrogens with zero attached hydrogens (tertiary/aromatic N) is 1. The minimum Gasteiger partial charge on any atom is -0.496 e. The van der Waals surface area contributed by atoms with E-state index >= 15 is 0 Å². The molecule has 1 aromatic rings. The second-order valence-electron chi connectivity index (χ2n) is 4.37. The Bertz CT molecular complexity index is 458. The van der Waals surface area contributed by atoms with Gasteiger partial charge in [0.25, 0.3) is 0 Å². The molecular formula is C13H14FNO. The summed E-state index contributed by atoms with van der Waals surface area (Å²) >= 11 is 0. The maximum Gasteiger partial charge on any atom is 0.131 e. The molecule has 1 aliphatic carbocycles. The van der Waals surface area contributed by atoms with Gasteiger partial charge in [-0.15, -0.1) is 0 Å². The second-order valence-corrected chi connectivity index (χ2v) is 4.37. The topological polar surface area (TPSA) is 33.0 Å². The molecule has 0 atom stereocenters. The van der Waals surface area contributed by atoms with E-state index in [2.05, 4.69) is 6.07 Å². The molecule has 0 N–H and O–H groups in total. The predicted octanol–water partition coefficient (Wildman–Crippen LogP) is 3.09. The zero-order valence-corrected chi connectivity index (χ0v) is 9.51. The van der Waals surface area contributed by atoms with Gasteiger partial charge in [0.05, 0.1) is 24.2 Å². The van der Waals surface area contributed by atoms with E-state index < -0.39 is 5.41 Å². The number of aryl methyl sites for hydroxylation is 1. The van der Waals surface area contributed by atoms with Crippen molar-refractivity contribution in [3.8, 4) is 11.8 Å². The van der Waals surface area contributed by atoms with Crippen LogP contribution in [0.4, 0.5) is 4.39 Å². The Morgan fingerprint density at radius 1 is 1.44 bits per heavy atom.